The molecule has 0 spiro atoms. The molecular weight excluding hydrogens is 245 g/mol. The Labute approximate surface area is 103 Å². The zero-order valence-corrected chi connectivity index (χ0v) is 9.91. The van der Waals surface area contributed by atoms with Gasteiger partial charge in [-0.05, 0) is 24.6 Å². The Morgan fingerprint density at radius 3 is 2.94 bits per heavy atom. The number of halogens is 2. The summed E-state index contributed by atoms with van der Waals surface area (Å²) in [5, 5.41) is 10.5. The van der Waals surface area contributed by atoms with Crippen molar-refractivity contribution in [2.75, 3.05) is 5.32 Å². The smallest absolute Gasteiger partial charge is 0.315 e. The first-order valence-corrected chi connectivity index (χ1v) is 5.63. The number of rotatable bonds is 4. The van der Waals surface area contributed by atoms with E-state index in [2.05, 4.69) is 15.5 Å². The monoisotopic (exact) mass is 255 g/mol. The predicted octanol–water partition coefficient (Wildman–Crippen LogP) is 3.12. The third kappa shape index (κ3) is 2.94. The molecule has 0 fully saturated rings. The van der Waals surface area contributed by atoms with Gasteiger partial charge in [-0.15, -0.1) is 16.7 Å². The zero-order valence-electron chi connectivity index (χ0n) is 9.15. The van der Waals surface area contributed by atoms with Gasteiger partial charge in [-0.1, -0.05) is 17.2 Å². The molecule has 0 amide bonds. The van der Waals surface area contributed by atoms with E-state index in [1.165, 1.54) is 12.1 Å². The van der Waals surface area contributed by atoms with Crippen molar-refractivity contribution >= 4 is 17.6 Å². The molecule has 90 valence electrons. The van der Waals surface area contributed by atoms with Crippen LogP contribution in [-0.2, 0) is 5.88 Å². The van der Waals surface area contributed by atoms with E-state index in [-0.39, 0.29) is 23.8 Å². The average molecular weight is 256 g/mol. The number of aromatic nitrogens is 2. The number of hydrogen-bond donors (Lipinski definition) is 1. The predicted molar refractivity (Wildman–Crippen MR) is 62.3 cm³/mol. The van der Waals surface area contributed by atoms with Crippen LogP contribution in [-0.4, -0.2) is 10.2 Å². The van der Waals surface area contributed by atoms with Crippen molar-refractivity contribution in [2.45, 2.75) is 18.8 Å². The molecule has 17 heavy (non-hydrogen) atoms. The Morgan fingerprint density at radius 2 is 2.29 bits per heavy atom. The number of nitrogens with zero attached hydrogens (tertiary/aromatic N) is 2. The van der Waals surface area contributed by atoms with Gasteiger partial charge in [-0.2, -0.15) is 0 Å². The lowest BCUT2D eigenvalue weighted by Crippen LogP contribution is -2.07. The molecular formula is C11H11ClFN3O. The maximum Gasteiger partial charge on any atom is 0.315 e. The summed E-state index contributed by atoms with van der Waals surface area (Å²) < 4.78 is 18.2. The van der Waals surface area contributed by atoms with E-state index in [1.807, 2.05) is 13.0 Å². The molecule has 0 bridgehead atoms. The Hall–Kier alpha value is -1.62. The van der Waals surface area contributed by atoms with Gasteiger partial charge in [-0.3, -0.25) is 0 Å². The van der Waals surface area contributed by atoms with Crippen LogP contribution in [0.15, 0.2) is 28.7 Å². The highest BCUT2D eigenvalue weighted by atomic mass is 35.5. The molecule has 1 unspecified atom stereocenters. The molecule has 1 heterocycles. The molecule has 2 aromatic rings. The lowest BCUT2D eigenvalue weighted by atomic mass is 10.1. The van der Waals surface area contributed by atoms with Crippen molar-refractivity contribution in [3.8, 4) is 0 Å². The summed E-state index contributed by atoms with van der Waals surface area (Å²) in [4.78, 5) is 0. The Kier molecular flexibility index (Phi) is 3.58. The fourth-order valence-electron chi connectivity index (χ4n) is 1.41. The van der Waals surface area contributed by atoms with Gasteiger partial charge < -0.3 is 9.73 Å². The first-order valence-electron chi connectivity index (χ1n) is 5.09. The molecule has 0 aliphatic heterocycles. The third-order valence-corrected chi connectivity index (χ3v) is 2.50. The summed E-state index contributed by atoms with van der Waals surface area (Å²) in [6.07, 6.45) is 0. The highest BCUT2D eigenvalue weighted by molar-refractivity contribution is 6.16. The van der Waals surface area contributed by atoms with Crippen LogP contribution in [0.1, 0.15) is 24.4 Å². The summed E-state index contributed by atoms with van der Waals surface area (Å²) in [7, 11) is 0. The van der Waals surface area contributed by atoms with Gasteiger partial charge in [0.25, 0.3) is 0 Å². The van der Waals surface area contributed by atoms with Crippen LogP contribution >= 0.6 is 11.6 Å². The van der Waals surface area contributed by atoms with Crippen LogP contribution < -0.4 is 5.32 Å². The molecule has 1 N–H and O–H groups in total. The van der Waals surface area contributed by atoms with Crippen LogP contribution in [0.3, 0.4) is 0 Å². The van der Waals surface area contributed by atoms with E-state index in [1.54, 1.807) is 6.07 Å². The highest BCUT2D eigenvalue weighted by Crippen LogP contribution is 2.19. The van der Waals surface area contributed by atoms with Crippen LogP contribution in [0, 0.1) is 5.82 Å². The van der Waals surface area contributed by atoms with E-state index in [4.69, 9.17) is 16.0 Å². The van der Waals surface area contributed by atoms with Crippen molar-refractivity contribution in [3.63, 3.8) is 0 Å². The maximum absolute atomic E-state index is 13.0. The fourth-order valence-corrected chi connectivity index (χ4v) is 1.52. The second-order valence-electron chi connectivity index (χ2n) is 3.56. The molecule has 0 aliphatic rings. The van der Waals surface area contributed by atoms with Gasteiger partial charge in [0.15, 0.2) is 0 Å². The summed E-state index contributed by atoms with van der Waals surface area (Å²) in [6, 6.07) is 6.47. The van der Waals surface area contributed by atoms with Gasteiger partial charge in [-0.25, -0.2) is 4.39 Å². The van der Waals surface area contributed by atoms with Crippen LogP contribution in [0.4, 0.5) is 10.4 Å². The van der Waals surface area contributed by atoms with Gasteiger partial charge in [0, 0.05) is 0 Å². The maximum atomic E-state index is 13.0. The molecule has 6 heteroatoms. The number of anilines is 1. The molecule has 1 aromatic carbocycles. The Morgan fingerprint density at radius 1 is 1.47 bits per heavy atom. The van der Waals surface area contributed by atoms with Gasteiger partial charge in [0.1, 0.15) is 11.7 Å². The van der Waals surface area contributed by atoms with E-state index in [9.17, 15) is 4.39 Å². The quantitative estimate of drug-likeness (QED) is 0.853. The lowest BCUT2D eigenvalue weighted by Gasteiger charge is -2.11. The number of nitrogens with one attached hydrogen (secondary N) is 1. The Balaban J connectivity index is 2.08. The summed E-state index contributed by atoms with van der Waals surface area (Å²) >= 11 is 5.54. The molecule has 0 aliphatic carbocycles. The minimum Gasteiger partial charge on any atom is -0.407 e. The molecule has 0 saturated carbocycles. The second-order valence-corrected chi connectivity index (χ2v) is 3.82. The molecule has 2 rings (SSSR count). The van der Waals surface area contributed by atoms with Crippen LogP contribution in [0.2, 0.25) is 0 Å². The summed E-state index contributed by atoms with van der Waals surface area (Å²) in [6.45, 7) is 1.87. The van der Waals surface area contributed by atoms with Crippen molar-refractivity contribution in [3.05, 3.63) is 41.5 Å². The molecule has 0 radical (unpaired) electrons. The second kappa shape index (κ2) is 5.14. The molecule has 4 nitrogen and oxygen atoms in total. The van der Waals surface area contributed by atoms with E-state index in [0.717, 1.165) is 5.56 Å². The average Bonchev–Trinajstić information content (AvgIpc) is 2.77. The summed E-state index contributed by atoms with van der Waals surface area (Å²) in [5.41, 5.74) is 0.802. The number of benzene rings is 1. The topological polar surface area (TPSA) is 51.0 Å². The van der Waals surface area contributed by atoms with Gasteiger partial charge in [0.05, 0.1) is 6.04 Å². The standard InChI is InChI=1S/C11H11ClFN3O/c1-7(8-3-2-4-9(13)5-8)14-11-16-15-10(6-12)17-11/h2-5,7H,6H2,1H3,(H,14,16). The first-order chi connectivity index (χ1) is 8.19. The van der Waals surface area contributed by atoms with Crippen molar-refractivity contribution in [2.24, 2.45) is 0 Å². The molecule has 1 aromatic heterocycles. The highest BCUT2D eigenvalue weighted by Gasteiger charge is 2.10. The lowest BCUT2D eigenvalue weighted by molar-refractivity contribution is 0.520. The normalized spacial score (nSPS) is 12.4. The van der Waals surface area contributed by atoms with Crippen molar-refractivity contribution < 1.29 is 8.81 Å². The van der Waals surface area contributed by atoms with E-state index < -0.39 is 0 Å². The fraction of sp³-hybridized carbons (Fsp3) is 0.273. The van der Waals surface area contributed by atoms with Crippen LogP contribution in [0.5, 0.6) is 0 Å². The minimum absolute atomic E-state index is 0.130. The van der Waals surface area contributed by atoms with E-state index in [0.29, 0.717) is 5.89 Å². The summed E-state index contributed by atoms with van der Waals surface area (Å²) in [5.74, 6) is 0.243. The van der Waals surface area contributed by atoms with Crippen LogP contribution in [0.25, 0.3) is 0 Å². The molecule has 1 atom stereocenters. The Bertz CT molecular complexity index is 503. The SMILES string of the molecule is CC(Nc1nnc(CCl)o1)c1cccc(F)c1. The number of hydrogen-bond acceptors (Lipinski definition) is 4. The molecule has 0 saturated heterocycles. The largest absolute Gasteiger partial charge is 0.407 e. The van der Waals surface area contributed by atoms with Crippen molar-refractivity contribution in [1.29, 1.82) is 0 Å². The minimum atomic E-state index is -0.275. The first kappa shape index (κ1) is 11.9. The number of alkyl halides is 1. The third-order valence-electron chi connectivity index (χ3n) is 2.27. The zero-order chi connectivity index (χ0) is 12.3. The van der Waals surface area contributed by atoms with Gasteiger partial charge in [0.2, 0.25) is 5.89 Å². The van der Waals surface area contributed by atoms with Crippen molar-refractivity contribution in [1.82, 2.24) is 10.2 Å². The van der Waals surface area contributed by atoms with Gasteiger partial charge >= 0.3 is 6.01 Å². The van der Waals surface area contributed by atoms with E-state index >= 15 is 0 Å².